The number of hydrogen-bond acceptors (Lipinski definition) is 7. The van der Waals surface area contributed by atoms with Crippen molar-refractivity contribution in [2.24, 2.45) is 5.73 Å². The Bertz CT molecular complexity index is 828. The lowest BCUT2D eigenvalue weighted by Crippen LogP contribution is -2.14. The van der Waals surface area contributed by atoms with Gasteiger partial charge in [0.15, 0.2) is 5.13 Å². The molecule has 0 aliphatic rings. The van der Waals surface area contributed by atoms with Gasteiger partial charge >= 0.3 is 0 Å². The van der Waals surface area contributed by atoms with Crippen LogP contribution in [0, 0.1) is 0 Å². The number of thiazole rings is 2. The Morgan fingerprint density at radius 2 is 2.26 bits per heavy atom. The summed E-state index contributed by atoms with van der Waals surface area (Å²) >= 11 is 2.95. The summed E-state index contributed by atoms with van der Waals surface area (Å²) in [5.74, 6) is 0.648. The molecule has 3 rings (SSSR count). The predicted octanol–water partition coefficient (Wildman–Crippen LogP) is 2.44. The van der Waals surface area contributed by atoms with E-state index in [4.69, 9.17) is 10.5 Å². The molecular weight excluding hydrogens is 332 g/mol. The van der Waals surface area contributed by atoms with Crippen LogP contribution in [0.3, 0.4) is 0 Å². The number of methoxy groups -OCH3 is 1. The molecule has 8 heteroatoms. The van der Waals surface area contributed by atoms with E-state index in [0.717, 1.165) is 33.1 Å². The number of amides is 1. The molecule has 0 aliphatic carbocycles. The molecule has 0 saturated heterocycles. The van der Waals surface area contributed by atoms with Gasteiger partial charge in [-0.15, -0.1) is 11.3 Å². The second-order valence-corrected chi connectivity index (χ2v) is 6.82. The number of carbonyl (C=O) groups excluding carboxylic acids is 1. The molecule has 0 bridgehead atoms. The van der Waals surface area contributed by atoms with E-state index in [2.05, 4.69) is 15.3 Å². The van der Waals surface area contributed by atoms with Crippen LogP contribution < -0.4 is 15.8 Å². The fraction of sp³-hybridized carbons (Fsp3) is 0.267. The molecule has 0 spiro atoms. The van der Waals surface area contributed by atoms with E-state index in [1.807, 2.05) is 23.6 Å². The number of nitrogens with zero attached hydrogens (tertiary/aromatic N) is 2. The summed E-state index contributed by atoms with van der Waals surface area (Å²) in [5, 5.41) is 6.26. The molecule has 0 unspecified atom stereocenters. The van der Waals surface area contributed by atoms with Crippen LogP contribution in [0.2, 0.25) is 0 Å². The van der Waals surface area contributed by atoms with Crippen molar-refractivity contribution in [1.29, 1.82) is 0 Å². The maximum atomic E-state index is 12.1. The first-order chi connectivity index (χ1) is 11.2. The van der Waals surface area contributed by atoms with Crippen molar-refractivity contribution in [3.05, 3.63) is 34.3 Å². The zero-order valence-corrected chi connectivity index (χ0v) is 14.2. The summed E-state index contributed by atoms with van der Waals surface area (Å²) in [6, 6.07) is 5.63. The normalized spacial score (nSPS) is 10.9. The van der Waals surface area contributed by atoms with Gasteiger partial charge in [0, 0.05) is 11.8 Å². The maximum absolute atomic E-state index is 12.1. The Kier molecular flexibility index (Phi) is 4.85. The summed E-state index contributed by atoms with van der Waals surface area (Å²) in [4.78, 5) is 20.9. The van der Waals surface area contributed by atoms with Crippen LogP contribution in [0.5, 0.6) is 5.75 Å². The van der Waals surface area contributed by atoms with Crippen molar-refractivity contribution in [3.63, 3.8) is 0 Å². The van der Waals surface area contributed by atoms with Gasteiger partial charge in [0.2, 0.25) is 5.91 Å². The molecule has 3 aromatic rings. The number of anilines is 1. The van der Waals surface area contributed by atoms with Gasteiger partial charge in [-0.1, -0.05) is 11.3 Å². The molecule has 120 valence electrons. The van der Waals surface area contributed by atoms with Gasteiger partial charge in [-0.2, -0.15) is 0 Å². The highest BCUT2D eigenvalue weighted by Crippen LogP contribution is 2.29. The lowest BCUT2D eigenvalue weighted by Gasteiger charge is -1.98. The third-order valence-corrected chi connectivity index (χ3v) is 5.03. The smallest absolute Gasteiger partial charge is 0.232 e. The first-order valence-electron chi connectivity index (χ1n) is 7.05. The molecular formula is C15H16N4O2S2. The van der Waals surface area contributed by atoms with E-state index in [1.165, 1.54) is 22.7 Å². The van der Waals surface area contributed by atoms with Crippen molar-refractivity contribution in [3.8, 4) is 5.75 Å². The van der Waals surface area contributed by atoms with E-state index in [9.17, 15) is 4.79 Å². The Balaban J connectivity index is 1.67. The number of ether oxygens (including phenoxy) is 1. The van der Waals surface area contributed by atoms with Crippen molar-refractivity contribution in [1.82, 2.24) is 9.97 Å². The van der Waals surface area contributed by atoms with E-state index >= 15 is 0 Å². The Morgan fingerprint density at radius 3 is 3.04 bits per heavy atom. The Morgan fingerprint density at radius 1 is 1.39 bits per heavy atom. The van der Waals surface area contributed by atoms with Gasteiger partial charge in [0.25, 0.3) is 0 Å². The number of nitrogens with two attached hydrogens (primary N) is 1. The number of nitrogens with one attached hydrogen (secondary N) is 1. The molecule has 0 aliphatic heterocycles. The van der Waals surface area contributed by atoms with Crippen LogP contribution in [-0.2, 0) is 17.6 Å². The van der Waals surface area contributed by atoms with Gasteiger partial charge in [-0.3, -0.25) is 4.79 Å². The standard InChI is InChI=1S/C15H16N4O2S2/c1-21-10-2-3-11-12(7-10)23-15(18-11)19-13(20)6-9-8-22-14(17-9)4-5-16/h2-3,7-8H,4-6,16H2,1H3,(H,18,19,20). The van der Waals surface area contributed by atoms with E-state index in [0.29, 0.717) is 11.7 Å². The molecule has 0 saturated carbocycles. The summed E-state index contributed by atoms with van der Waals surface area (Å²) < 4.78 is 6.16. The average molecular weight is 348 g/mol. The minimum atomic E-state index is -0.124. The fourth-order valence-electron chi connectivity index (χ4n) is 2.08. The van der Waals surface area contributed by atoms with Gasteiger partial charge in [-0.25, -0.2) is 9.97 Å². The molecule has 6 nitrogen and oxygen atoms in total. The van der Waals surface area contributed by atoms with Gasteiger partial charge in [0.1, 0.15) is 5.75 Å². The van der Waals surface area contributed by atoms with Crippen molar-refractivity contribution in [2.45, 2.75) is 12.8 Å². The summed E-state index contributed by atoms with van der Waals surface area (Å²) in [6.07, 6.45) is 0.978. The lowest BCUT2D eigenvalue weighted by molar-refractivity contribution is -0.115. The SMILES string of the molecule is COc1ccc2nc(NC(=O)Cc3csc(CCN)n3)sc2c1. The van der Waals surface area contributed by atoms with Crippen LogP contribution in [-0.4, -0.2) is 29.5 Å². The van der Waals surface area contributed by atoms with Crippen molar-refractivity contribution < 1.29 is 9.53 Å². The Labute approximate surface area is 141 Å². The van der Waals surface area contributed by atoms with Crippen molar-refractivity contribution in [2.75, 3.05) is 19.0 Å². The minimum Gasteiger partial charge on any atom is -0.497 e. The van der Waals surface area contributed by atoms with Crippen LogP contribution in [0.4, 0.5) is 5.13 Å². The maximum Gasteiger partial charge on any atom is 0.232 e. The van der Waals surface area contributed by atoms with E-state index in [-0.39, 0.29) is 12.3 Å². The third-order valence-electron chi connectivity index (χ3n) is 3.14. The van der Waals surface area contributed by atoms with Gasteiger partial charge in [0.05, 0.1) is 34.4 Å². The molecule has 3 N–H and O–H groups in total. The highest BCUT2D eigenvalue weighted by molar-refractivity contribution is 7.22. The second-order valence-electron chi connectivity index (χ2n) is 4.85. The number of benzene rings is 1. The number of carbonyl (C=O) groups is 1. The lowest BCUT2D eigenvalue weighted by atomic mass is 10.3. The van der Waals surface area contributed by atoms with Crippen LogP contribution in [0.1, 0.15) is 10.7 Å². The highest BCUT2D eigenvalue weighted by atomic mass is 32.1. The first kappa shape index (κ1) is 15.9. The van der Waals surface area contributed by atoms with Gasteiger partial charge in [-0.05, 0) is 24.7 Å². The molecule has 1 amide bonds. The molecule has 2 aromatic heterocycles. The monoisotopic (exact) mass is 348 g/mol. The average Bonchev–Trinajstić information content (AvgIpc) is 3.12. The van der Waals surface area contributed by atoms with Crippen LogP contribution in [0.15, 0.2) is 23.6 Å². The molecule has 1 aromatic carbocycles. The quantitative estimate of drug-likeness (QED) is 0.714. The van der Waals surface area contributed by atoms with E-state index < -0.39 is 0 Å². The zero-order chi connectivity index (χ0) is 16.2. The van der Waals surface area contributed by atoms with E-state index in [1.54, 1.807) is 7.11 Å². The zero-order valence-electron chi connectivity index (χ0n) is 12.5. The second kappa shape index (κ2) is 7.03. The molecule has 23 heavy (non-hydrogen) atoms. The molecule has 0 atom stereocenters. The van der Waals surface area contributed by atoms with Crippen LogP contribution in [0.25, 0.3) is 10.2 Å². The summed E-state index contributed by atoms with van der Waals surface area (Å²) in [6.45, 7) is 0.564. The van der Waals surface area contributed by atoms with Crippen molar-refractivity contribution >= 4 is 43.9 Å². The van der Waals surface area contributed by atoms with Crippen LogP contribution >= 0.6 is 22.7 Å². The fourth-order valence-corrected chi connectivity index (χ4v) is 3.81. The van der Waals surface area contributed by atoms with Gasteiger partial charge < -0.3 is 15.8 Å². The highest BCUT2D eigenvalue weighted by Gasteiger charge is 2.11. The summed E-state index contributed by atoms with van der Waals surface area (Å²) in [5.41, 5.74) is 7.10. The number of fused-ring (bicyclic) bond motifs is 1. The summed E-state index contributed by atoms with van der Waals surface area (Å²) in [7, 11) is 1.62. The minimum absolute atomic E-state index is 0.124. The number of hydrogen-bond donors (Lipinski definition) is 2. The topological polar surface area (TPSA) is 90.1 Å². The predicted molar refractivity (Wildman–Crippen MR) is 93.4 cm³/mol. The first-order valence-corrected chi connectivity index (χ1v) is 8.75. The molecule has 0 fully saturated rings. The Hall–Kier alpha value is -2.03. The third kappa shape index (κ3) is 3.84. The molecule has 0 radical (unpaired) electrons. The number of aromatic nitrogens is 2. The number of rotatable bonds is 6. The largest absolute Gasteiger partial charge is 0.497 e. The molecule has 2 heterocycles.